The van der Waals surface area contributed by atoms with Gasteiger partial charge in [-0.05, 0) is 87.9 Å². The molecule has 0 spiro atoms. The molecule has 0 N–H and O–H groups in total. The minimum Gasteiger partial charge on any atom is -0.373 e. The Balaban J connectivity index is 1.68. The van der Waals surface area contributed by atoms with Gasteiger partial charge in [0.25, 0.3) is 0 Å². The molecular formula is C25H33F2NO2. The van der Waals surface area contributed by atoms with Crippen LogP contribution in [0.3, 0.4) is 0 Å². The molecule has 1 unspecified atom stereocenters. The van der Waals surface area contributed by atoms with Crippen molar-refractivity contribution < 1.29 is 18.3 Å². The van der Waals surface area contributed by atoms with Crippen molar-refractivity contribution >= 4 is 5.69 Å². The minimum absolute atomic E-state index is 0.0819. The van der Waals surface area contributed by atoms with Crippen LogP contribution in [-0.2, 0) is 29.1 Å². The van der Waals surface area contributed by atoms with Crippen molar-refractivity contribution in [2.45, 2.75) is 71.9 Å². The van der Waals surface area contributed by atoms with Gasteiger partial charge in [-0.2, -0.15) is 0 Å². The molecule has 1 fully saturated rings. The van der Waals surface area contributed by atoms with E-state index in [9.17, 15) is 8.78 Å². The molecule has 3 rings (SSSR count). The summed E-state index contributed by atoms with van der Waals surface area (Å²) >= 11 is 0. The highest BCUT2D eigenvalue weighted by atomic mass is 19.1. The van der Waals surface area contributed by atoms with E-state index < -0.39 is 11.6 Å². The van der Waals surface area contributed by atoms with Crippen molar-refractivity contribution in [1.82, 2.24) is 0 Å². The van der Waals surface area contributed by atoms with Gasteiger partial charge in [0.2, 0.25) is 0 Å². The summed E-state index contributed by atoms with van der Waals surface area (Å²) in [5, 5.41) is 0. The van der Waals surface area contributed by atoms with Gasteiger partial charge in [0.15, 0.2) is 0 Å². The van der Waals surface area contributed by atoms with Gasteiger partial charge in [-0.3, -0.25) is 0 Å². The summed E-state index contributed by atoms with van der Waals surface area (Å²) in [6, 6.07) is 10.1. The Bertz CT molecular complexity index is 821. The maximum absolute atomic E-state index is 13.4. The topological polar surface area (TPSA) is 21.7 Å². The predicted octanol–water partition coefficient (Wildman–Crippen LogP) is 6.03. The molecule has 1 aliphatic heterocycles. The van der Waals surface area contributed by atoms with Crippen LogP contribution in [0.1, 0.15) is 57.2 Å². The molecule has 1 atom stereocenters. The van der Waals surface area contributed by atoms with E-state index in [0.717, 1.165) is 31.1 Å². The lowest BCUT2D eigenvalue weighted by molar-refractivity contribution is -0.0150. The van der Waals surface area contributed by atoms with Crippen LogP contribution in [0.5, 0.6) is 0 Å². The van der Waals surface area contributed by atoms with Crippen LogP contribution in [0.4, 0.5) is 14.5 Å². The van der Waals surface area contributed by atoms with Gasteiger partial charge in [0.05, 0.1) is 24.9 Å². The molecule has 3 nitrogen and oxygen atoms in total. The molecule has 1 saturated heterocycles. The second-order valence-corrected chi connectivity index (χ2v) is 9.21. The molecule has 2 aromatic carbocycles. The summed E-state index contributed by atoms with van der Waals surface area (Å²) in [5.41, 5.74) is 3.88. The van der Waals surface area contributed by atoms with E-state index in [4.69, 9.17) is 9.47 Å². The molecule has 1 heterocycles. The van der Waals surface area contributed by atoms with E-state index >= 15 is 0 Å². The SMILES string of the molecule is CC(Cc1cc(COC(C)(C)C)cc(N2CCCC2)c1)OCc1cc(F)cc(F)c1. The fourth-order valence-corrected chi connectivity index (χ4v) is 3.73. The van der Waals surface area contributed by atoms with Crippen molar-refractivity contribution in [3.63, 3.8) is 0 Å². The summed E-state index contributed by atoms with van der Waals surface area (Å²) < 4.78 is 38.6. The zero-order valence-electron chi connectivity index (χ0n) is 18.5. The Kier molecular flexibility index (Phi) is 7.48. The molecule has 0 radical (unpaired) electrons. The van der Waals surface area contributed by atoms with E-state index in [2.05, 4.69) is 43.9 Å². The average Bonchev–Trinajstić information content (AvgIpc) is 3.18. The summed E-state index contributed by atoms with van der Waals surface area (Å²) in [6.07, 6.45) is 3.09. The number of benzene rings is 2. The summed E-state index contributed by atoms with van der Waals surface area (Å²) in [4.78, 5) is 2.42. The molecule has 2 aromatic rings. The molecule has 0 saturated carbocycles. The first-order chi connectivity index (χ1) is 14.2. The Hall–Kier alpha value is -1.98. The van der Waals surface area contributed by atoms with Crippen molar-refractivity contribution in [1.29, 1.82) is 0 Å². The van der Waals surface area contributed by atoms with Crippen LogP contribution in [0, 0.1) is 11.6 Å². The van der Waals surface area contributed by atoms with Crippen LogP contribution in [-0.4, -0.2) is 24.8 Å². The Labute approximate surface area is 179 Å². The summed E-state index contributed by atoms with van der Waals surface area (Å²) in [6.45, 7) is 11.1. The largest absolute Gasteiger partial charge is 0.373 e. The molecule has 0 aliphatic carbocycles. The van der Waals surface area contributed by atoms with E-state index in [-0.39, 0.29) is 18.3 Å². The van der Waals surface area contributed by atoms with E-state index in [0.29, 0.717) is 12.2 Å². The number of ether oxygens (including phenoxy) is 2. The standard InChI is InChI=1S/C25H33F2NO2/c1-18(29-16-21-11-22(26)15-23(27)12-21)9-19-10-20(17-30-25(2,3)4)14-24(13-19)28-7-5-6-8-28/h10-15,18H,5-9,16-17H2,1-4H3. The van der Waals surface area contributed by atoms with Crippen LogP contribution in [0.2, 0.25) is 0 Å². The van der Waals surface area contributed by atoms with E-state index in [1.807, 2.05) is 6.92 Å². The van der Waals surface area contributed by atoms with Gasteiger partial charge in [-0.15, -0.1) is 0 Å². The minimum atomic E-state index is -0.581. The van der Waals surface area contributed by atoms with Crippen molar-refractivity contribution in [3.8, 4) is 0 Å². The number of rotatable bonds is 8. The smallest absolute Gasteiger partial charge is 0.126 e. The fraction of sp³-hybridized carbons (Fsp3) is 0.520. The maximum atomic E-state index is 13.4. The number of anilines is 1. The second kappa shape index (κ2) is 9.88. The van der Waals surface area contributed by atoms with Gasteiger partial charge >= 0.3 is 0 Å². The predicted molar refractivity (Wildman–Crippen MR) is 117 cm³/mol. The number of hydrogen-bond donors (Lipinski definition) is 0. The molecular weight excluding hydrogens is 384 g/mol. The van der Waals surface area contributed by atoms with Crippen molar-refractivity contribution in [3.05, 3.63) is 64.7 Å². The van der Waals surface area contributed by atoms with E-state index in [1.165, 1.54) is 36.2 Å². The molecule has 164 valence electrons. The lowest BCUT2D eigenvalue weighted by Crippen LogP contribution is -2.20. The fourth-order valence-electron chi connectivity index (χ4n) is 3.73. The molecule has 0 aromatic heterocycles. The van der Waals surface area contributed by atoms with Crippen LogP contribution in [0.15, 0.2) is 36.4 Å². The highest BCUT2D eigenvalue weighted by Gasteiger charge is 2.16. The molecule has 5 heteroatoms. The first kappa shape index (κ1) is 22.7. The van der Waals surface area contributed by atoms with E-state index in [1.54, 1.807) is 0 Å². The van der Waals surface area contributed by atoms with Crippen LogP contribution < -0.4 is 4.90 Å². The number of halogens is 2. The first-order valence-electron chi connectivity index (χ1n) is 10.8. The molecule has 30 heavy (non-hydrogen) atoms. The number of hydrogen-bond acceptors (Lipinski definition) is 3. The Morgan fingerprint density at radius 3 is 2.10 bits per heavy atom. The lowest BCUT2D eigenvalue weighted by Gasteiger charge is -2.23. The monoisotopic (exact) mass is 417 g/mol. The normalized spacial score (nSPS) is 15.6. The molecule has 0 amide bonds. The van der Waals surface area contributed by atoms with Gasteiger partial charge in [-0.25, -0.2) is 8.78 Å². The lowest BCUT2D eigenvalue weighted by atomic mass is 10.0. The second-order valence-electron chi connectivity index (χ2n) is 9.21. The summed E-state index contributed by atoms with van der Waals surface area (Å²) in [5.74, 6) is -1.16. The summed E-state index contributed by atoms with van der Waals surface area (Å²) in [7, 11) is 0. The molecule has 0 bridgehead atoms. The Morgan fingerprint density at radius 2 is 1.47 bits per heavy atom. The Morgan fingerprint density at radius 1 is 0.867 bits per heavy atom. The highest BCUT2D eigenvalue weighted by Crippen LogP contribution is 2.26. The van der Waals surface area contributed by atoms with Crippen molar-refractivity contribution in [2.24, 2.45) is 0 Å². The van der Waals surface area contributed by atoms with Crippen LogP contribution in [0.25, 0.3) is 0 Å². The number of nitrogens with zero attached hydrogens (tertiary/aromatic N) is 1. The van der Waals surface area contributed by atoms with Gasteiger partial charge in [0.1, 0.15) is 11.6 Å². The van der Waals surface area contributed by atoms with Gasteiger partial charge in [-0.1, -0.05) is 6.07 Å². The van der Waals surface area contributed by atoms with Gasteiger partial charge < -0.3 is 14.4 Å². The first-order valence-corrected chi connectivity index (χ1v) is 10.8. The third-order valence-electron chi connectivity index (χ3n) is 5.16. The van der Waals surface area contributed by atoms with Gasteiger partial charge in [0, 0.05) is 24.8 Å². The molecule has 1 aliphatic rings. The third-order valence-corrected chi connectivity index (χ3v) is 5.16. The maximum Gasteiger partial charge on any atom is 0.126 e. The quantitative estimate of drug-likeness (QED) is 0.524. The highest BCUT2D eigenvalue weighted by molar-refractivity contribution is 5.52. The zero-order valence-corrected chi connectivity index (χ0v) is 18.5. The third kappa shape index (κ3) is 7.06. The van der Waals surface area contributed by atoms with Crippen molar-refractivity contribution in [2.75, 3.05) is 18.0 Å². The average molecular weight is 418 g/mol. The van der Waals surface area contributed by atoms with Crippen LogP contribution >= 0.6 is 0 Å². The zero-order chi connectivity index (χ0) is 21.7.